The van der Waals surface area contributed by atoms with E-state index in [0.29, 0.717) is 18.5 Å². The maximum Gasteiger partial charge on any atom is 0.287 e. The summed E-state index contributed by atoms with van der Waals surface area (Å²) in [6.07, 6.45) is 3.29. The van der Waals surface area contributed by atoms with Crippen molar-refractivity contribution in [2.75, 3.05) is 13.2 Å². The molecule has 2 rings (SSSR count). The first-order chi connectivity index (χ1) is 10.0. The van der Waals surface area contributed by atoms with E-state index in [9.17, 15) is 14.9 Å². The number of carbonyl (C=O) groups excluding carboxylic acids is 1. The zero-order valence-electron chi connectivity index (χ0n) is 11.5. The summed E-state index contributed by atoms with van der Waals surface area (Å²) in [5, 5.41) is 19.6. The second kappa shape index (κ2) is 6.87. The molecule has 1 fully saturated rings. The molecule has 7 heteroatoms. The summed E-state index contributed by atoms with van der Waals surface area (Å²) >= 11 is 5.85. The van der Waals surface area contributed by atoms with Crippen molar-refractivity contribution in [3.05, 3.63) is 38.9 Å². The molecule has 1 atom stereocenters. The molecule has 1 aromatic carbocycles. The third-order valence-corrected chi connectivity index (χ3v) is 4.03. The van der Waals surface area contributed by atoms with Gasteiger partial charge in [-0.05, 0) is 37.8 Å². The lowest BCUT2D eigenvalue weighted by Crippen LogP contribution is -2.35. The molecular weight excluding hydrogens is 296 g/mol. The molecule has 0 aliphatic carbocycles. The van der Waals surface area contributed by atoms with E-state index < -0.39 is 4.92 Å². The number of aliphatic hydroxyl groups excluding tert-OH is 1. The second-order valence-electron chi connectivity index (χ2n) is 5.08. The SMILES string of the molecule is O=C(c1ccc([N+](=O)[O-])c(Cl)c1)N1CCCC1CCCO. The summed E-state index contributed by atoms with van der Waals surface area (Å²) in [6, 6.07) is 4.17. The largest absolute Gasteiger partial charge is 0.396 e. The number of nitro benzene ring substituents is 1. The molecule has 6 nitrogen and oxygen atoms in total. The standard InChI is InChI=1S/C14H17ClN2O4/c15-12-9-10(5-6-13(12)17(20)21)14(19)16-7-1-3-11(16)4-2-8-18/h5-6,9,11,18H,1-4,7-8H2. The first kappa shape index (κ1) is 15.7. The van der Waals surface area contributed by atoms with Gasteiger partial charge < -0.3 is 10.0 Å². The lowest BCUT2D eigenvalue weighted by atomic mass is 10.1. The normalized spacial score (nSPS) is 18.0. The van der Waals surface area contributed by atoms with Crippen LogP contribution in [0.5, 0.6) is 0 Å². The van der Waals surface area contributed by atoms with Crippen molar-refractivity contribution >= 4 is 23.2 Å². The molecule has 1 aliphatic rings. The first-order valence-electron chi connectivity index (χ1n) is 6.90. The van der Waals surface area contributed by atoms with E-state index in [1.165, 1.54) is 18.2 Å². The Kier molecular flexibility index (Phi) is 5.14. The number of carbonyl (C=O) groups is 1. The summed E-state index contributed by atoms with van der Waals surface area (Å²) in [5.41, 5.74) is 0.160. The zero-order valence-corrected chi connectivity index (χ0v) is 12.3. The lowest BCUT2D eigenvalue weighted by molar-refractivity contribution is -0.384. The Morgan fingerprint density at radius 2 is 2.29 bits per heavy atom. The average molecular weight is 313 g/mol. The Labute approximate surface area is 127 Å². The van der Waals surface area contributed by atoms with Crippen LogP contribution in [-0.2, 0) is 0 Å². The molecule has 1 N–H and O–H groups in total. The topological polar surface area (TPSA) is 83.7 Å². The Morgan fingerprint density at radius 3 is 2.90 bits per heavy atom. The maximum absolute atomic E-state index is 12.5. The Bertz CT molecular complexity index is 550. The van der Waals surface area contributed by atoms with Gasteiger partial charge in [-0.15, -0.1) is 0 Å². The van der Waals surface area contributed by atoms with E-state index in [4.69, 9.17) is 16.7 Å². The van der Waals surface area contributed by atoms with Crippen LogP contribution in [0.4, 0.5) is 5.69 Å². The number of halogens is 1. The van der Waals surface area contributed by atoms with Gasteiger partial charge in [0, 0.05) is 30.8 Å². The van der Waals surface area contributed by atoms with Crippen LogP contribution in [0.15, 0.2) is 18.2 Å². The van der Waals surface area contributed by atoms with E-state index in [-0.39, 0.29) is 29.3 Å². The molecule has 0 saturated carbocycles. The fourth-order valence-corrected chi connectivity index (χ4v) is 2.93. The van der Waals surface area contributed by atoms with Gasteiger partial charge in [0.05, 0.1) is 4.92 Å². The predicted molar refractivity (Wildman–Crippen MR) is 78.5 cm³/mol. The highest BCUT2D eigenvalue weighted by molar-refractivity contribution is 6.33. The van der Waals surface area contributed by atoms with E-state index in [1.54, 1.807) is 4.90 Å². The minimum atomic E-state index is -0.573. The number of rotatable bonds is 5. The molecule has 0 aromatic heterocycles. The molecule has 1 unspecified atom stereocenters. The van der Waals surface area contributed by atoms with Crippen LogP contribution < -0.4 is 0 Å². The van der Waals surface area contributed by atoms with Gasteiger partial charge in [0.1, 0.15) is 5.02 Å². The van der Waals surface area contributed by atoms with Crippen LogP contribution >= 0.6 is 11.6 Å². The fraction of sp³-hybridized carbons (Fsp3) is 0.500. The van der Waals surface area contributed by atoms with E-state index in [2.05, 4.69) is 0 Å². The van der Waals surface area contributed by atoms with Crippen LogP contribution in [-0.4, -0.2) is 40.0 Å². The third-order valence-electron chi connectivity index (χ3n) is 3.72. The number of nitrogens with zero attached hydrogens (tertiary/aromatic N) is 2. The number of amides is 1. The second-order valence-corrected chi connectivity index (χ2v) is 5.49. The number of nitro groups is 1. The van der Waals surface area contributed by atoms with Crippen LogP contribution in [0.2, 0.25) is 5.02 Å². The van der Waals surface area contributed by atoms with Crippen molar-refractivity contribution in [3.8, 4) is 0 Å². The van der Waals surface area contributed by atoms with E-state index in [0.717, 1.165) is 19.3 Å². The molecule has 0 radical (unpaired) electrons. The van der Waals surface area contributed by atoms with Gasteiger partial charge in [-0.2, -0.15) is 0 Å². The van der Waals surface area contributed by atoms with Crippen molar-refractivity contribution in [1.29, 1.82) is 0 Å². The molecule has 0 spiro atoms. The Balaban J connectivity index is 2.15. The molecule has 1 aromatic rings. The molecular formula is C14H17ClN2O4. The van der Waals surface area contributed by atoms with Crippen LogP contribution in [0, 0.1) is 10.1 Å². The average Bonchev–Trinajstić information content (AvgIpc) is 2.92. The molecule has 114 valence electrons. The molecule has 1 saturated heterocycles. The highest BCUT2D eigenvalue weighted by Crippen LogP contribution is 2.28. The van der Waals surface area contributed by atoms with Gasteiger partial charge in [-0.1, -0.05) is 11.6 Å². The summed E-state index contributed by atoms with van der Waals surface area (Å²) in [4.78, 5) is 24.4. The molecule has 1 amide bonds. The number of likely N-dealkylation sites (tertiary alicyclic amines) is 1. The summed E-state index contributed by atoms with van der Waals surface area (Å²) < 4.78 is 0. The molecule has 21 heavy (non-hydrogen) atoms. The van der Waals surface area contributed by atoms with E-state index >= 15 is 0 Å². The van der Waals surface area contributed by atoms with Gasteiger partial charge in [0.2, 0.25) is 0 Å². The summed E-state index contributed by atoms with van der Waals surface area (Å²) in [7, 11) is 0. The number of hydrogen-bond donors (Lipinski definition) is 1. The van der Waals surface area contributed by atoms with Gasteiger partial charge in [-0.25, -0.2) is 0 Å². The summed E-state index contributed by atoms with van der Waals surface area (Å²) in [6.45, 7) is 0.783. The number of hydrogen-bond acceptors (Lipinski definition) is 4. The molecule has 1 aliphatic heterocycles. The fourth-order valence-electron chi connectivity index (χ4n) is 2.68. The molecule has 1 heterocycles. The van der Waals surface area contributed by atoms with Crippen LogP contribution in [0.3, 0.4) is 0 Å². The minimum Gasteiger partial charge on any atom is -0.396 e. The van der Waals surface area contributed by atoms with Crippen LogP contribution in [0.25, 0.3) is 0 Å². The lowest BCUT2D eigenvalue weighted by Gasteiger charge is -2.24. The van der Waals surface area contributed by atoms with Crippen molar-refractivity contribution in [3.63, 3.8) is 0 Å². The monoisotopic (exact) mass is 312 g/mol. The Morgan fingerprint density at radius 1 is 1.52 bits per heavy atom. The van der Waals surface area contributed by atoms with Gasteiger partial charge in [0.15, 0.2) is 0 Å². The predicted octanol–water partition coefficient (Wildman–Crippen LogP) is 2.63. The smallest absolute Gasteiger partial charge is 0.287 e. The third kappa shape index (κ3) is 3.51. The highest BCUT2D eigenvalue weighted by atomic mass is 35.5. The van der Waals surface area contributed by atoms with E-state index in [1.807, 2.05) is 0 Å². The zero-order chi connectivity index (χ0) is 15.4. The van der Waals surface area contributed by atoms with Crippen molar-refractivity contribution in [2.45, 2.75) is 31.7 Å². The van der Waals surface area contributed by atoms with Crippen molar-refractivity contribution in [1.82, 2.24) is 4.90 Å². The van der Waals surface area contributed by atoms with Crippen LogP contribution in [0.1, 0.15) is 36.0 Å². The minimum absolute atomic E-state index is 0.0306. The van der Waals surface area contributed by atoms with Gasteiger partial charge >= 0.3 is 0 Å². The summed E-state index contributed by atoms with van der Waals surface area (Å²) in [5.74, 6) is -0.160. The van der Waals surface area contributed by atoms with Crippen molar-refractivity contribution in [2.24, 2.45) is 0 Å². The highest BCUT2D eigenvalue weighted by Gasteiger charge is 2.29. The first-order valence-corrected chi connectivity index (χ1v) is 7.28. The number of benzene rings is 1. The molecule has 0 bridgehead atoms. The van der Waals surface area contributed by atoms with Crippen molar-refractivity contribution < 1.29 is 14.8 Å². The van der Waals surface area contributed by atoms with Gasteiger partial charge in [-0.3, -0.25) is 14.9 Å². The quantitative estimate of drug-likeness (QED) is 0.669. The van der Waals surface area contributed by atoms with Gasteiger partial charge in [0.25, 0.3) is 11.6 Å². The maximum atomic E-state index is 12.5. The number of aliphatic hydroxyl groups is 1. The Hall–Kier alpha value is -1.66.